The second-order valence-electron chi connectivity index (χ2n) is 9.05. The van der Waals surface area contributed by atoms with Gasteiger partial charge in [0.15, 0.2) is 0 Å². The van der Waals surface area contributed by atoms with Gasteiger partial charge < -0.3 is 19.8 Å². The second kappa shape index (κ2) is 9.63. The largest absolute Gasteiger partial charge is 0.507 e. The summed E-state index contributed by atoms with van der Waals surface area (Å²) in [5.41, 5.74) is 3.08. The zero-order chi connectivity index (χ0) is 21.8. The van der Waals surface area contributed by atoms with Gasteiger partial charge in [-0.1, -0.05) is 30.3 Å². The van der Waals surface area contributed by atoms with Crippen molar-refractivity contribution in [2.24, 2.45) is 0 Å². The molecule has 0 amide bonds. The zero-order valence-electron chi connectivity index (χ0n) is 18.3. The van der Waals surface area contributed by atoms with E-state index in [0.29, 0.717) is 11.8 Å². The first-order valence-electron chi connectivity index (χ1n) is 11.6. The number of aryl methyl sites for hydroxylation is 1. The summed E-state index contributed by atoms with van der Waals surface area (Å²) >= 11 is 0. The highest BCUT2D eigenvalue weighted by Crippen LogP contribution is 2.48. The van der Waals surface area contributed by atoms with E-state index in [2.05, 4.69) is 36.1 Å². The van der Waals surface area contributed by atoms with Crippen molar-refractivity contribution in [2.45, 2.75) is 76.4 Å². The van der Waals surface area contributed by atoms with E-state index in [1.54, 1.807) is 6.07 Å². The van der Waals surface area contributed by atoms with Gasteiger partial charge in [-0.15, -0.1) is 0 Å². The molecule has 5 heteroatoms. The van der Waals surface area contributed by atoms with Crippen LogP contribution in [0.5, 0.6) is 11.5 Å². The number of piperidine rings is 1. The number of rotatable bonds is 8. The third kappa shape index (κ3) is 5.15. The van der Waals surface area contributed by atoms with Gasteiger partial charge in [0.1, 0.15) is 11.5 Å². The molecular formula is C26H33NO4. The maximum absolute atomic E-state index is 11.4. The molecule has 1 fully saturated rings. The monoisotopic (exact) mass is 423 g/mol. The maximum atomic E-state index is 11.4. The van der Waals surface area contributed by atoms with Gasteiger partial charge in [0.05, 0.1) is 12.5 Å². The van der Waals surface area contributed by atoms with E-state index >= 15 is 0 Å². The fraction of sp³-hybridized carbons (Fsp3) is 0.500. The van der Waals surface area contributed by atoms with Gasteiger partial charge in [-0.2, -0.15) is 0 Å². The number of ether oxygens (including phenoxy) is 1. The van der Waals surface area contributed by atoms with Gasteiger partial charge in [-0.3, -0.25) is 4.79 Å². The van der Waals surface area contributed by atoms with E-state index in [1.165, 1.54) is 12.0 Å². The smallest absolute Gasteiger partial charge is 0.303 e. The number of phenols is 1. The molecule has 2 aromatic rings. The molecule has 0 radical (unpaired) electrons. The fourth-order valence-corrected chi connectivity index (χ4v) is 5.26. The summed E-state index contributed by atoms with van der Waals surface area (Å²) in [4.78, 5) is 13.8. The summed E-state index contributed by atoms with van der Waals surface area (Å²) in [6.45, 7) is 3.02. The number of fused-ring (bicyclic) bond motifs is 3. The summed E-state index contributed by atoms with van der Waals surface area (Å²) in [5, 5.41) is 20.2. The SMILES string of the molecule is CC(CCCc1ccccc1)Oc1cc(O)c2c(c1)N1CCCCC1CC2CC(=O)O. The lowest BCUT2D eigenvalue weighted by atomic mass is 9.80. The number of phenolic OH excluding ortho intramolecular Hbond substituents is 1. The Morgan fingerprint density at radius 3 is 2.81 bits per heavy atom. The predicted molar refractivity (Wildman–Crippen MR) is 122 cm³/mol. The predicted octanol–water partition coefficient (Wildman–Crippen LogP) is 5.50. The Kier molecular flexibility index (Phi) is 6.69. The number of carbonyl (C=O) groups is 1. The van der Waals surface area contributed by atoms with Gasteiger partial charge in [0, 0.05) is 41.9 Å². The lowest BCUT2D eigenvalue weighted by Crippen LogP contribution is -2.44. The Hall–Kier alpha value is -2.69. The molecule has 2 aliphatic rings. The van der Waals surface area contributed by atoms with Crippen molar-refractivity contribution in [1.82, 2.24) is 0 Å². The van der Waals surface area contributed by atoms with Crippen LogP contribution in [0.25, 0.3) is 0 Å². The molecule has 1 saturated heterocycles. The summed E-state index contributed by atoms with van der Waals surface area (Å²) in [7, 11) is 0. The summed E-state index contributed by atoms with van der Waals surface area (Å²) in [5.74, 6) is -0.126. The number of carboxylic acids is 1. The quantitative estimate of drug-likeness (QED) is 0.586. The minimum absolute atomic E-state index is 0.0386. The van der Waals surface area contributed by atoms with Gasteiger partial charge in [-0.05, 0) is 57.4 Å². The van der Waals surface area contributed by atoms with Crippen molar-refractivity contribution in [1.29, 1.82) is 0 Å². The lowest BCUT2D eigenvalue weighted by Gasteiger charge is -2.45. The van der Waals surface area contributed by atoms with E-state index in [-0.39, 0.29) is 24.2 Å². The highest BCUT2D eigenvalue weighted by molar-refractivity contribution is 5.72. The number of hydrogen-bond donors (Lipinski definition) is 2. The number of aromatic hydroxyl groups is 1. The molecule has 166 valence electrons. The molecular weight excluding hydrogens is 390 g/mol. The fourth-order valence-electron chi connectivity index (χ4n) is 5.26. The molecule has 0 bridgehead atoms. The van der Waals surface area contributed by atoms with Crippen LogP contribution < -0.4 is 9.64 Å². The average Bonchev–Trinajstić information content (AvgIpc) is 2.74. The molecule has 4 rings (SSSR count). The van der Waals surface area contributed by atoms with Crippen molar-refractivity contribution in [3.05, 3.63) is 53.6 Å². The normalized spacial score (nSPS) is 21.1. The molecule has 3 unspecified atom stereocenters. The third-order valence-corrected chi connectivity index (χ3v) is 6.69. The Morgan fingerprint density at radius 2 is 2.03 bits per heavy atom. The Balaban J connectivity index is 1.48. The van der Waals surface area contributed by atoms with Gasteiger partial charge >= 0.3 is 5.97 Å². The maximum Gasteiger partial charge on any atom is 0.303 e. The Morgan fingerprint density at radius 1 is 1.23 bits per heavy atom. The minimum atomic E-state index is -0.813. The first-order valence-corrected chi connectivity index (χ1v) is 11.6. The molecule has 5 nitrogen and oxygen atoms in total. The molecule has 2 heterocycles. The van der Waals surface area contributed by atoms with Crippen LogP contribution in [0.3, 0.4) is 0 Å². The average molecular weight is 424 g/mol. The molecule has 0 saturated carbocycles. The van der Waals surface area contributed by atoms with E-state index < -0.39 is 5.97 Å². The molecule has 31 heavy (non-hydrogen) atoms. The first kappa shape index (κ1) is 21.5. The van der Waals surface area contributed by atoms with Crippen molar-refractivity contribution < 1.29 is 19.7 Å². The lowest BCUT2D eigenvalue weighted by molar-refractivity contribution is -0.137. The van der Waals surface area contributed by atoms with Crippen molar-refractivity contribution in [3.63, 3.8) is 0 Å². The number of nitrogens with zero attached hydrogens (tertiary/aromatic N) is 1. The molecule has 3 atom stereocenters. The molecule has 0 aliphatic carbocycles. The van der Waals surface area contributed by atoms with E-state index in [4.69, 9.17) is 4.74 Å². The molecule has 2 aliphatic heterocycles. The number of aliphatic carboxylic acids is 1. The number of hydrogen-bond acceptors (Lipinski definition) is 4. The van der Waals surface area contributed by atoms with Crippen LogP contribution in [0.2, 0.25) is 0 Å². The van der Waals surface area contributed by atoms with Crippen LogP contribution >= 0.6 is 0 Å². The van der Waals surface area contributed by atoms with Crippen molar-refractivity contribution in [3.8, 4) is 11.5 Å². The van der Waals surface area contributed by atoms with E-state index in [9.17, 15) is 15.0 Å². The first-order chi connectivity index (χ1) is 15.0. The topological polar surface area (TPSA) is 70.0 Å². The second-order valence-corrected chi connectivity index (χ2v) is 9.05. The molecule has 2 N–H and O–H groups in total. The summed E-state index contributed by atoms with van der Waals surface area (Å²) < 4.78 is 6.19. The van der Waals surface area contributed by atoms with Crippen LogP contribution in [0, 0.1) is 0 Å². The number of benzene rings is 2. The van der Waals surface area contributed by atoms with Crippen LogP contribution in [0.1, 0.15) is 68.9 Å². The number of anilines is 1. The van der Waals surface area contributed by atoms with Gasteiger partial charge in [0.25, 0.3) is 0 Å². The summed E-state index contributed by atoms with van der Waals surface area (Å²) in [6, 6.07) is 14.5. The molecule has 0 aromatic heterocycles. The zero-order valence-corrected chi connectivity index (χ0v) is 18.3. The Labute approximate surface area is 184 Å². The van der Waals surface area contributed by atoms with Crippen LogP contribution in [0.4, 0.5) is 5.69 Å². The van der Waals surface area contributed by atoms with Crippen molar-refractivity contribution >= 4 is 11.7 Å². The molecule has 2 aromatic carbocycles. The summed E-state index contributed by atoms with van der Waals surface area (Å²) in [6.07, 6.45) is 7.27. The Bertz CT molecular complexity index is 898. The minimum Gasteiger partial charge on any atom is -0.507 e. The van der Waals surface area contributed by atoms with Gasteiger partial charge in [0.2, 0.25) is 0 Å². The third-order valence-electron chi connectivity index (χ3n) is 6.69. The van der Waals surface area contributed by atoms with Crippen LogP contribution in [-0.4, -0.2) is 34.9 Å². The van der Waals surface area contributed by atoms with Crippen LogP contribution in [0.15, 0.2) is 42.5 Å². The van der Waals surface area contributed by atoms with Gasteiger partial charge in [-0.25, -0.2) is 0 Å². The number of carboxylic acid groups (broad SMARTS) is 1. The highest BCUT2D eigenvalue weighted by Gasteiger charge is 2.37. The molecule has 0 spiro atoms. The van der Waals surface area contributed by atoms with E-state index in [1.807, 2.05) is 12.1 Å². The van der Waals surface area contributed by atoms with Crippen molar-refractivity contribution in [2.75, 3.05) is 11.4 Å². The van der Waals surface area contributed by atoms with Crippen LogP contribution in [-0.2, 0) is 11.2 Å². The highest BCUT2D eigenvalue weighted by atomic mass is 16.5. The van der Waals surface area contributed by atoms with E-state index in [0.717, 1.165) is 56.3 Å². The standard InChI is InChI=1S/C26H33NO4/c1-18(8-7-11-19-9-3-2-4-10-19)31-22-16-23-26(24(28)17-22)20(15-25(29)30)14-21-12-5-6-13-27(21)23/h2-4,9-10,16-18,20-21,28H,5-8,11-15H2,1H3,(H,29,30).